The van der Waals surface area contributed by atoms with Crippen molar-refractivity contribution in [2.45, 2.75) is 25.4 Å². The highest BCUT2D eigenvalue weighted by Crippen LogP contribution is 2.16. The first-order chi connectivity index (χ1) is 7.19. The van der Waals surface area contributed by atoms with E-state index in [0.717, 1.165) is 19.8 Å². The summed E-state index contributed by atoms with van der Waals surface area (Å²) in [5, 5.41) is 0. The van der Waals surface area contributed by atoms with Gasteiger partial charge in [-0.2, -0.15) is 11.8 Å². The molecule has 0 aliphatic carbocycles. The lowest BCUT2D eigenvalue weighted by atomic mass is 10.0. The lowest BCUT2D eigenvalue weighted by Gasteiger charge is -2.29. The highest BCUT2D eigenvalue weighted by Gasteiger charge is 2.27. The van der Waals surface area contributed by atoms with Crippen molar-refractivity contribution >= 4 is 11.8 Å². The zero-order valence-electron chi connectivity index (χ0n) is 10.1. The third-order valence-electron chi connectivity index (χ3n) is 3.22. The third-order valence-corrected chi connectivity index (χ3v) is 3.94. The molecule has 0 aromatic carbocycles. The molecule has 0 radical (unpaired) electrons. The first-order valence-corrected chi connectivity index (χ1v) is 7.10. The monoisotopic (exact) mass is 232 g/mol. The van der Waals surface area contributed by atoms with Gasteiger partial charge in [0, 0.05) is 30.3 Å². The second-order valence-corrected chi connectivity index (χ2v) is 5.33. The summed E-state index contributed by atoms with van der Waals surface area (Å²) in [7, 11) is 2.20. The van der Waals surface area contributed by atoms with Crippen molar-refractivity contribution < 1.29 is 4.74 Å². The molecule has 0 aromatic rings. The fourth-order valence-corrected chi connectivity index (χ4v) is 2.95. The normalized spacial score (nSPS) is 28.6. The number of thioether (sulfide) groups is 1. The third kappa shape index (κ3) is 3.94. The molecule has 0 saturated carbocycles. The number of rotatable bonds is 6. The van der Waals surface area contributed by atoms with Crippen molar-refractivity contribution in [3.05, 3.63) is 0 Å². The SMILES string of the molecule is CCC(CSC)N(C)CC1COCC1N. The van der Waals surface area contributed by atoms with Gasteiger partial charge in [0.15, 0.2) is 0 Å². The van der Waals surface area contributed by atoms with Gasteiger partial charge in [-0.05, 0) is 19.7 Å². The Balaban J connectivity index is 2.35. The van der Waals surface area contributed by atoms with Gasteiger partial charge in [-0.1, -0.05) is 6.92 Å². The molecule has 0 aromatic heterocycles. The number of nitrogens with two attached hydrogens (primary N) is 1. The van der Waals surface area contributed by atoms with E-state index in [9.17, 15) is 0 Å². The topological polar surface area (TPSA) is 38.5 Å². The van der Waals surface area contributed by atoms with Gasteiger partial charge in [0.05, 0.1) is 13.2 Å². The molecular weight excluding hydrogens is 208 g/mol. The molecule has 4 heteroatoms. The minimum absolute atomic E-state index is 0.235. The smallest absolute Gasteiger partial charge is 0.0621 e. The van der Waals surface area contributed by atoms with Crippen LogP contribution < -0.4 is 5.73 Å². The summed E-state index contributed by atoms with van der Waals surface area (Å²) < 4.78 is 5.39. The molecule has 1 saturated heterocycles. The maximum Gasteiger partial charge on any atom is 0.0621 e. The quantitative estimate of drug-likeness (QED) is 0.742. The van der Waals surface area contributed by atoms with Gasteiger partial charge in [0.25, 0.3) is 0 Å². The summed E-state index contributed by atoms with van der Waals surface area (Å²) in [6, 6.07) is 0.909. The Morgan fingerprint density at radius 2 is 2.27 bits per heavy atom. The van der Waals surface area contributed by atoms with Crippen molar-refractivity contribution in [2.75, 3.05) is 38.8 Å². The van der Waals surface area contributed by atoms with E-state index >= 15 is 0 Å². The molecular formula is C11H24N2OS. The van der Waals surface area contributed by atoms with E-state index in [1.54, 1.807) is 0 Å². The molecule has 15 heavy (non-hydrogen) atoms. The summed E-state index contributed by atoms with van der Waals surface area (Å²) in [6.07, 6.45) is 3.38. The number of hydrogen-bond acceptors (Lipinski definition) is 4. The Labute approximate surface area is 97.7 Å². The average Bonchev–Trinajstić information content (AvgIpc) is 2.60. The van der Waals surface area contributed by atoms with Crippen LogP contribution >= 0.6 is 11.8 Å². The first-order valence-electron chi connectivity index (χ1n) is 5.71. The van der Waals surface area contributed by atoms with Gasteiger partial charge < -0.3 is 15.4 Å². The van der Waals surface area contributed by atoms with Crippen LogP contribution in [0.1, 0.15) is 13.3 Å². The van der Waals surface area contributed by atoms with Crippen molar-refractivity contribution in [3.8, 4) is 0 Å². The second kappa shape index (κ2) is 6.74. The zero-order valence-corrected chi connectivity index (χ0v) is 10.9. The van der Waals surface area contributed by atoms with E-state index < -0.39 is 0 Å². The Hall–Kier alpha value is 0.230. The lowest BCUT2D eigenvalue weighted by molar-refractivity contribution is 0.163. The molecule has 3 atom stereocenters. The van der Waals surface area contributed by atoms with Crippen molar-refractivity contribution in [2.24, 2.45) is 11.7 Å². The van der Waals surface area contributed by atoms with Crippen LogP contribution in [0.15, 0.2) is 0 Å². The van der Waals surface area contributed by atoms with E-state index in [2.05, 4.69) is 25.1 Å². The molecule has 3 unspecified atom stereocenters. The Morgan fingerprint density at radius 3 is 2.73 bits per heavy atom. The molecule has 0 amide bonds. The molecule has 1 aliphatic rings. The van der Waals surface area contributed by atoms with E-state index in [0.29, 0.717) is 12.0 Å². The summed E-state index contributed by atoms with van der Waals surface area (Å²) >= 11 is 1.92. The Bertz CT molecular complexity index is 180. The van der Waals surface area contributed by atoms with Crippen LogP contribution in [0, 0.1) is 5.92 Å². The van der Waals surface area contributed by atoms with Gasteiger partial charge in [-0.25, -0.2) is 0 Å². The van der Waals surface area contributed by atoms with E-state index in [4.69, 9.17) is 10.5 Å². The number of nitrogens with zero attached hydrogens (tertiary/aromatic N) is 1. The zero-order chi connectivity index (χ0) is 11.3. The van der Waals surface area contributed by atoms with Gasteiger partial charge in [0.1, 0.15) is 0 Å². The van der Waals surface area contributed by atoms with Gasteiger partial charge >= 0.3 is 0 Å². The van der Waals surface area contributed by atoms with Gasteiger partial charge in [0.2, 0.25) is 0 Å². The highest BCUT2D eigenvalue weighted by molar-refractivity contribution is 7.98. The molecule has 0 bridgehead atoms. The second-order valence-electron chi connectivity index (χ2n) is 4.42. The van der Waals surface area contributed by atoms with Crippen LogP contribution in [-0.2, 0) is 4.74 Å². The number of hydrogen-bond donors (Lipinski definition) is 1. The van der Waals surface area contributed by atoms with Crippen LogP contribution in [0.2, 0.25) is 0 Å². The predicted octanol–water partition coefficient (Wildman–Crippen LogP) is 1.03. The minimum atomic E-state index is 0.235. The van der Waals surface area contributed by atoms with Crippen molar-refractivity contribution in [1.29, 1.82) is 0 Å². The van der Waals surface area contributed by atoms with Crippen LogP contribution in [0.5, 0.6) is 0 Å². The highest BCUT2D eigenvalue weighted by atomic mass is 32.2. The van der Waals surface area contributed by atoms with E-state index in [1.807, 2.05) is 11.8 Å². The van der Waals surface area contributed by atoms with Crippen LogP contribution in [-0.4, -0.2) is 55.8 Å². The molecule has 0 spiro atoms. The molecule has 2 N–H and O–H groups in total. The summed E-state index contributed by atoms with van der Waals surface area (Å²) in [5.41, 5.74) is 5.99. The first kappa shape index (κ1) is 13.3. The molecule has 3 nitrogen and oxygen atoms in total. The largest absolute Gasteiger partial charge is 0.379 e. The minimum Gasteiger partial charge on any atom is -0.379 e. The lowest BCUT2D eigenvalue weighted by Crippen LogP contribution is -2.42. The standard InChI is InChI=1S/C11H24N2OS/c1-4-10(8-15-3)13(2)5-9-6-14-7-11(9)12/h9-11H,4-8,12H2,1-3H3. The van der Waals surface area contributed by atoms with Gasteiger partial charge in [-0.15, -0.1) is 0 Å². The van der Waals surface area contributed by atoms with Crippen molar-refractivity contribution in [3.63, 3.8) is 0 Å². The maximum absolute atomic E-state index is 5.99. The number of ether oxygens (including phenoxy) is 1. The van der Waals surface area contributed by atoms with Crippen molar-refractivity contribution in [1.82, 2.24) is 4.90 Å². The van der Waals surface area contributed by atoms with Crippen LogP contribution in [0.25, 0.3) is 0 Å². The fourth-order valence-electron chi connectivity index (χ4n) is 2.07. The van der Waals surface area contributed by atoms with Gasteiger partial charge in [-0.3, -0.25) is 0 Å². The summed E-state index contributed by atoms with van der Waals surface area (Å²) in [6.45, 7) is 4.89. The van der Waals surface area contributed by atoms with Crippen LogP contribution in [0.4, 0.5) is 0 Å². The van der Waals surface area contributed by atoms with Crippen LogP contribution in [0.3, 0.4) is 0 Å². The fraction of sp³-hybridized carbons (Fsp3) is 1.00. The Morgan fingerprint density at radius 1 is 1.53 bits per heavy atom. The Kier molecular flexibility index (Phi) is 5.97. The summed E-state index contributed by atoms with van der Waals surface area (Å²) in [4.78, 5) is 2.44. The maximum atomic E-state index is 5.99. The molecule has 1 fully saturated rings. The molecule has 1 aliphatic heterocycles. The molecule has 1 rings (SSSR count). The predicted molar refractivity (Wildman–Crippen MR) is 67.4 cm³/mol. The molecule has 1 heterocycles. The summed E-state index contributed by atoms with van der Waals surface area (Å²) in [5.74, 6) is 1.72. The van der Waals surface area contributed by atoms with E-state index in [-0.39, 0.29) is 6.04 Å². The molecule has 90 valence electrons. The average molecular weight is 232 g/mol. The van der Waals surface area contributed by atoms with E-state index in [1.165, 1.54) is 12.2 Å².